The zero-order valence-electron chi connectivity index (χ0n) is 24.0. The van der Waals surface area contributed by atoms with Gasteiger partial charge in [0.1, 0.15) is 11.4 Å². The quantitative estimate of drug-likeness (QED) is 0.0711. The van der Waals surface area contributed by atoms with E-state index in [0.29, 0.717) is 17.1 Å². The van der Waals surface area contributed by atoms with Gasteiger partial charge in [0.15, 0.2) is 0 Å². The van der Waals surface area contributed by atoms with Gasteiger partial charge in [0.2, 0.25) is 0 Å². The van der Waals surface area contributed by atoms with Crippen LogP contribution in [0.5, 0.6) is 17.4 Å². The van der Waals surface area contributed by atoms with E-state index in [4.69, 9.17) is 16.0 Å². The van der Waals surface area contributed by atoms with Crippen molar-refractivity contribution >= 4 is 49.9 Å². The molecule has 0 spiro atoms. The van der Waals surface area contributed by atoms with E-state index >= 15 is 0 Å². The SMILES string of the molecule is Cc1nn(-c2ccccc2)c([O-])c1N=Nc1cc([N+](=O)[O-])ccc1[O-].Nc1ccc(N=Nc2cc(S(=O)(=O)O)ccc2[O-])c(N)c1.[Cr+3]. The molecule has 0 atom stereocenters. The second kappa shape index (κ2) is 14.9. The summed E-state index contributed by atoms with van der Waals surface area (Å²) in [6, 6.07) is 19.3. The summed E-state index contributed by atoms with van der Waals surface area (Å²) in [4.78, 5) is 9.69. The van der Waals surface area contributed by atoms with Crippen molar-refractivity contribution in [2.24, 2.45) is 20.5 Å². The van der Waals surface area contributed by atoms with Gasteiger partial charge in [-0.2, -0.15) is 23.7 Å². The van der Waals surface area contributed by atoms with Crippen LogP contribution in [0.2, 0.25) is 0 Å². The zero-order valence-corrected chi connectivity index (χ0v) is 26.1. The summed E-state index contributed by atoms with van der Waals surface area (Å²) in [5, 5.41) is 65.6. The molecule has 1 radical (unpaired) electrons. The molecule has 0 fully saturated rings. The van der Waals surface area contributed by atoms with Crippen molar-refractivity contribution in [2.45, 2.75) is 11.8 Å². The molecule has 0 aliphatic heterocycles. The molecule has 0 unspecified atom stereocenters. The predicted octanol–water partition coefficient (Wildman–Crippen LogP) is 4.24. The maximum absolute atomic E-state index is 12.4. The Kier molecular flexibility index (Phi) is 11.3. The van der Waals surface area contributed by atoms with Gasteiger partial charge in [-0.3, -0.25) is 14.7 Å². The monoisotopic (exact) mass is 696 g/mol. The summed E-state index contributed by atoms with van der Waals surface area (Å²) in [6.07, 6.45) is 0. The van der Waals surface area contributed by atoms with Crippen molar-refractivity contribution in [3.8, 4) is 23.1 Å². The van der Waals surface area contributed by atoms with Gasteiger partial charge in [-0.25, -0.2) is 4.68 Å². The Morgan fingerprint density at radius 3 is 2.02 bits per heavy atom. The van der Waals surface area contributed by atoms with Crippen molar-refractivity contribution in [3.63, 3.8) is 0 Å². The fourth-order valence-corrected chi connectivity index (χ4v) is 4.17. The van der Waals surface area contributed by atoms with Crippen molar-refractivity contribution < 1.29 is 50.6 Å². The molecule has 0 bridgehead atoms. The fraction of sp³-hybridized carbons (Fsp3) is 0.0357. The van der Waals surface area contributed by atoms with E-state index in [2.05, 4.69) is 25.6 Å². The number of hydrogen-bond acceptors (Lipinski definition) is 14. The minimum absolute atomic E-state index is 0. The van der Waals surface area contributed by atoms with Crippen LogP contribution < -0.4 is 26.8 Å². The normalized spacial score (nSPS) is 11.2. The maximum Gasteiger partial charge on any atom is 3.00 e. The van der Waals surface area contributed by atoms with E-state index in [9.17, 15) is 33.9 Å². The number of nitro benzene ring substituents is 1. The van der Waals surface area contributed by atoms with Crippen molar-refractivity contribution in [3.05, 3.63) is 101 Å². The molecular weight excluding hydrogens is 674 g/mol. The third-order valence-corrected chi connectivity index (χ3v) is 6.79. The number of nitrogens with zero attached hydrogens (tertiary/aromatic N) is 7. The molecule has 0 saturated heterocycles. The Bertz CT molecular complexity index is 2090. The second-order valence-corrected chi connectivity index (χ2v) is 10.6. The first-order chi connectivity index (χ1) is 21.7. The summed E-state index contributed by atoms with van der Waals surface area (Å²) in [6.45, 7) is 1.58. The Morgan fingerprint density at radius 1 is 0.809 bits per heavy atom. The number of aryl methyl sites for hydroxylation is 1. The summed E-state index contributed by atoms with van der Waals surface area (Å²) in [5.74, 6) is -1.57. The number of rotatable bonds is 7. The average Bonchev–Trinajstić information content (AvgIpc) is 3.29. The first kappa shape index (κ1) is 35.6. The molecule has 1 heterocycles. The summed E-state index contributed by atoms with van der Waals surface area (Å²) >= 11 is 0. The topological polar surface area (TPSA) is 286 Å². The van der Waals surface area contributed by atoms with Gasteiger partial charge >= 0.3 is 17.4 Å². The van der Waals surface area contributed by atoms with Crippen LogP contribution in [-0.4, -0.2) is 27.7 Å². The van der Waals surface area contributed by atoms with Crippen LogP contribution in [-0.2, 0) is 27.5 Å². The van der Waals surface area contributed by atoms with Crippen LogP contribution >= 0.6 is 0 Å². The summed E-state index contributed by atoms with van der Waals surface area (Å²) < 4.78 is 32.1. The standard InChI is InChI=1S/C16H13N5O4.C12H12N4O4S.Cr/c1-10-15(16(23)20(19-10)11-5-3-2-4-6-11)18-17-13-9-12(21(24)25)7-8-14(13)22;13-7-1-3-10(9(14)5-7)15-16-11-6-8(21(18,19)20)2-4-12(11)17;/h2-9,22-23H,1H3;1-6,17H,13-14H2,(H,18,19,20);/q;;+3/p-3. The van der Waals surface area contributed by atoms with Gasteiger partial charge < -0.3 is 26.8 Å². The Labute approximate surface area is 277 Å². The molecule has 47 heavy (non-hydrogen) atoms. The maximum atomic E-state index is 12.4. The van der Waals surface area contributed by atoms with E-state index in [1.165, 1.54) is 16.8 Å². The van der Waals surface area contributed by atoms with E-state index in [0.717, 1.165) is 36.4 Å². The van der Waals surface area contributed by atoms with Crippen molar-refractivity contribution in [1.82, 2.24) is 9.78 Å². The van der Waals surface area contributed by atoms with E-state index in [1.807, 2.05) is 6.07 Å². The number of nitrogen functional groups attached to an aromatic ring is 2. The number of nitro groups is 1. The number of para-hydroxylation sites is 1. The molecule has 1 aromatic heterocycles. The number of hydrogen-bond donors (Lipinski definition) is 3. The number of azo groups is 2. The molecule has 239 valence electrons. The molecule has 0 aliphatic rings. The third-order valence-electron chi connectivity index (χ3n) is 5.94. The van der Waals surface area contributed by atoms with Crippen LogP contribution in [0.25, 0.3) is 5.69 Å². The van der Waals surface area contributed by atoms with Gasteiger partial charge in [-0.15, -0.1) is 10.2 Å². The van der Waals surface area contributed by atoms with Gasteiger partial charge in [0.25, 0.3) is 15.8 Å². The van der Waals surface area contributed by atoms with Crippen molar-refractivity contribution in [2.75, 3.05) is 11.5 Å². The molecule has 0 aliphatic carbocycles. The summed E-state index contributed by atoms with van der Waals surface area (Å²) in [7, 11) is -4.42. The van der Waals surface area contributed by atoms with E-state index in [-0.39, 0.29) is 51.5 Å². The molecule has 0 saturated carbocycles. The van der Waals surface area contributed by atoms with Crippen LogP contribution in [0.1, 0.15) is 5.69 Å². The van der Waals surface area contributed by atoms with Crippen molar-refractivity contribution in [1.29, 1.82) is 0 Å². The van der Waals surface area contributed by atoms with Crippen LogP contribution in [0, 0.1) is 17.0 Å². The fourth-order valence-electron chi connectivity index (χ4n) is 3.67. The number of benzene rings is 4. The molecule has 17 nitrogen and oxygen atoms in total. The van der Waals surface area contributed by atoms with E-state index < -0.39 is 37.3 Å². The molecule has 5 aromatic rings. The first-order valence-corrected chi connectivity index (χ1v) is 14.2. The molecule has 5 rings (SSSR count). The van der Waals surface area contributed by atoms with Gasteiger partial charge in [0, 0.05) is 23.7 Å². The average molecular weight is 697 g/mol. The van der Waals surface area contributed by atoms with Crippen LogP contribution in [0.3, 0.4) is 0 Å². The van der Waals surface area contributed by atoms with Crippen LogP contribution in [0.15, 0.2) is 110 Å². The minimum Gasteiger partial charge on any atom is -0.871 e. The summed E-state index contributed by atoms with van der Waals surface area (Å²) in [5.41, 5.74) is 12.3. The minimum atomic E-state index is -4.42. The molecule has 0 amide bonds. The van der Waals surface area contributed by atoms with Crippen LogP contribution in [0.4, 0.5) is 39.8 Å². The molecule has 4 aromatic carbocycles. The van der Waals surface area contributed by atoms with E-state index in [1.54, 1.807) is 37.3 Å². The Balaban J connectivity index is 0.000000254. The predicted molar refractivity (Wildman–Crippen MR) is 160 cm³/mol. The zero-order chi connectivity index (χ0) is 33.6. The Hall–Kier alpha value is -5.87. The Morgan fingerprint density at radius 2 is 1.40 bits per heavy atom. The molecule has 5 N–H and O–H groups in total. The molecular formula is C28H22CrN9O8S. The number of nitrogens with two attached hydrogens (primary N) is 2. The second-order valence-electron chi connectivity index (χ2n) is 9.22. The molecule has 19 heteroatoms. The first-order valence-electron chi connectivity index (χ1n) is 12.8. The largest absolute Gasteiger partial charge is 3.00 e. The van der Waals surface area contributed by atoms with Gasteiger partial charge in [-0.05, 0) is 49.4 Å². The number of anilines is 2. The number of aromatic nitrogens is 2. The third kappa shape index (κ3) is 8.87. The number of non-ortho nitro benzene ring substituents is 1. The smallest absolute Gasteiger partial charge is 0.871 e. The van der Waals surface area contributed by atoms with Gasteiger partial charge in [0.05, 0.1) is 38.3 Å². The van der Waals surface area contributed by atoms with Gasteiger partial charge in [-0.1, -0.05) is 41.8 Å².